The van der Waals surface area contributed by atoms with Gasteiger partial charge >= 0.3 is 12.1 Å². The summed E-state index contributed by atoms with van der Waals surface area (Å²) in [5.41, 5.74) is -1.000. The van der Waals surface area contributed by atoms with Crippen LogP contribution in [0.2, 0.25) is 5.15 Å². The zero-order valence-electron chi connectivity index (χ0n) is 8.84. The lowest BCUT2D eigenvalue weighted by Gasteiger charge is -2.08. The summed E-state index contributed by atoms with van der Waals surface area (Å²) in [7, 11) is 0. The maximum atomic E-state index is 12.4. The maximum Gasteiger partial charge on any atom is 0.433 e. The third kappa shape index (κ3) is 4.22. The molecule has 0 fully saturated rings. The first-order chi connectivity index (χ1) is 7.82. The second kappa shape index (κ2) is 5.35. The average molecular weight is 268 g/mol. The third-order valence-electron chi connectivity index (χ3n) is 1.80. The van der Waals surface area contributed by atoms with Gasteiger partial charge in [0.25, 0.3) is 0 Å². The molecule has 17 heavy (non-hydrogen) atoms. The highest BCUT2D eigenvalue weighted by molar-refractivity contribution is 6.29. The number of esters is 1. The minimum Gasteiger partial charge on any atom is -0.466 e. The molecule has 0 saturated heterocycles. The number of hydrogen-bond donors (Lipinski definition) is 0. The molecular formula is C10H9ClF3NO2. The fourth-order valence-electron chi connectivity index (χ4n) is 1.18. The Morgan fingerprint density at radius 1 is 1.47 bits per heavy atom. The number of carbonyl (C=O) groups excluding carboxylic acids is 1. The van der Waals surface area contributed by atoms with Crippen LogP contribution in [0.3, 0.4) is 0 Å². The van der Waals surface area contributed by atoms with Crippen molar-refractivity contribution < 1.29 is 22.7 Å². The van der Waals surface area contributed by atoms with Gasteiger partial charge in [0.05, 0.1) is 13.0 Å². The number of rotatable bonds is 3. The van der Waals surface area contributed by atoms with Crippen molar-refractivity contribution in [1.82, 2.24) is 4.98 Å². The third-order valence-corrected chi connectivity index (χ3v) is 1.99. The smallest absolute Gasteiger partial charge is 0.433 e. The summed E-state index contributed by atoms with van der Waals surface area (Å²) in [6.45, 7) is 1.78. The molecule has 0 aliphatic heterocycles. The topological polar surface area (TPSA) is 39.2 Å². The lowest BCUT2D eigenvalue weighted by Crippen LogP contribution is -2.12. The number of halogens is 4. The minimum absolute atomic E-state index is 0.121. The fourth-order valence-corrected chi connectivity index (χ4v) is 1.41. The van der Waals surface area contributed by atoms with Gasteiger partial charge in [-0.2, -0.15) is 13.2 Å². The standard InChI is InChI=1S/C10H9ClF3NO2/c1-2-17-9(16)5-6-3-7(10(12,13)14)15-8(11)4-6/h3-4H,2,5H2,1H3. The van der Waals surface area contributed by atoms with E-state index in [0.29, 0.717) is 0 Å². The maximum absolute atomic E-state index is 12.4. The van der Waals surface area contributed by atoms with Crippen molar-refractivity contribution in [3.63, 3.8) is 0 Å². The van der Waals surface area contributed by atoms with Gasteiger partial charge in [0, 0.05) is 0 Å². The van der Waals surface area contributed by atoms with Gasteiger partial charge < -0.3 is 4.74 Å². The number of ether oxygens (including phenoxy) is 1. The van der Waals surface area contributed by atoms with Crippen LogP contribution in [-0.4, -0.2) is 17.6 Å². The van der Waals surface area contributed by atoms with E-state index in [-0.39, 0.29) is 23.7 Å². The molecule has 0 atom stereocenters. The van der Waals surface area contributed by atoms with Gasteiger partial charge in [-0.1, -0.05) is 11.6 Å². The van der Waals surface area contributed by atoms with Gasteiger partial charge in [0.15, 0.2) is 0 Å². The number of alkyl halides is 3. The molecule has 0 aliphatic rings. The number of aromatic nitrogens is 1. The Balaban J connectivity index is 2.94. The van der Waals surface area contributed by atoms with Gasteiger partial charge in [-0.3, -0.25) is 4.79 Å². The molecular weight excluding hydrogens is 259 g/mol. The molecule has 7 heteroatoms. The van der Waals surface area contributed by atoms with E-state index in [2.05, 4.69) is 9.72 Å². The van der Waals surface area contributed by atoms with Crippen LogP contribution in [0.4, 0.5) is 13.2 Å². The van der Waals surface area contributed by atoms with E-state index in [0.717, 1.165) is 6.07 Å². The molecule has 94 valence electrons. The molecule has 3 nitrogen and oxygen atoms in total. The predicted octanol–water partition coefficient (Wildman–Crippen LogP) is 2.86. The second-order valence-electron chi connectivity index (χ2n) is 3.16. The molecule has 0 bridgehead atoms. The van der Waals surface area contributed by atoms with E-state index in [1.54, 1.807) is 6.92 Å². The quantitative estimate of drug-likeness (QED) is 0.624. The summed E-state index contributed by atoms with van der Waals surface area (Å²) in [5, 5.41) is -0.306. The van der Waals surface area contributed by atoms with Crippen molar-refractivity contribution >= 4 is 17.6 Å². The normalized spacial score (nSPS) is 11.4. The lowest BCUT2D eigenvalue weighted by atomic mass is 10.1. The molecule has 0 aromatic carbocycles. The van der Waals surface area contributed by atoms with Crippen molar-refractivity contribution in [2.75, 3.05) is 6.61 Å². The highest BCUT2D eigenvalue weighted by Crippen LogP contribution is 2.29. The summed E-state index contributed by atoms with van der Waals surface area (Å²) in [6, 6.07) is 1.98. The van der Waals surface area contributed by atoms with E-state index >= 15 is 0 Å². The molecule has 0 saturated carbocycles. The summed E-state index contributed by atoms with van der Waals surface area (Å²) in [6.07, 6.45) is -4.85. The highest BCUT2D eigenvalue weighted by atomic mass is 35.5. The Morgan fingerprint density at radius 3 is 2.65 bits per heavy atom. The molecule has 0 aliphatic carbocycles. The molecule has 1 heterocycles. The van der Waals surface area contributed by atoms with E-state index in [1.165, 1.54) is 6.07 Å². The zero-order chi connectivity index (χ0) is 13.1. The predicted molar refractivity (Wildman–Crippen MR) is 54.6 cm³/mol. The monoisotopic (exact) mass is 267 g/mol. The van der Waals surface area contributed by atoms with Gasteiger partial charge in [0.1, 0.15) is 10.8 Å². The Morgan fingerprint density at radius 2 is 2.12 bits per heavy atom. The Labute approximate surface area is 101 Å². The van der Waals surface area contributed by atoms with Crippen LogP contribution in [0.15, 0.2) is 12.1 Å². The van der Waals surface area contributed by atoms with Crippen LogP contribution in [0, 0.1) is 0 Å². The first kappa shape index (κ1) is 13.8. The number of hydrogen-bond acceptors (Lipinski definition) is 3. The van der Waals surface area contributed by atoms with Crippen LogP contribution in [0.5, 0.6) is 0 Å². The lowest BCUT2D eigenvalue weighted by molar-refractivity contribution is -0.143. The highest BCUT2D eigenvalue weighted by Gasteiger charge is 2.33. The summed E-state index contributed by atoms with van der Waals surface area (Å²) in [4.78, 5) is 14.3. The Kier molecular flexibility index (Phi) is 4.34. The zero-order valence-corrected chi connectivity index (χ0v) is 9.60. The molecule has 1 rings (SSSR count). The minimum atomic E-state index is -4.59. The van der Waals surface area contributed by atoms with E-state index in [9.17, 15) is 18.0 Å². The number of nitrogens with zero attached hydrogens (tertiary/aromatic N) is 1. The Bertz CT molecular complexity index is 421. The van der Waals surface area contributed by atoms with Crippen LogP contribution in [0.25, 0.3) is 0 Å². The van der Waals surface area contributed by atoms with E-state index in [4.69, 9.17) is 11.6 Å². The van der Waals surface area contributed by atoms with Crippen LogP contribution >= 0.6 is 11.6 Å². The van der Waals surface area contributed by atoms with Crippen molar-refractivity contribution in [2.24, 2.45) is 0 Å². The average Bonchev–Trinajstić information content (AvgIpc) is 2.15. The van der Waals surface area contributed by atoms with Crippen LogP contribution in [0.1, 0.15) is 18.2 Å². The Hall–Kier alpha value is -1.30. The van der Waals surface area contributed by atoms with E-state index < -0.39 is 17.8 Å². The van der Waals surface area contributed by atoms with Crippen molar-refractivity contribution in [3.8, 4) is 0 Å². The van der Waals surface area contributed by atoms with Crippen molar-refractivity contribution in [3.05, 3.63) is 28.5 Å². The molecule has 0 amide bonds. The first-order valence-electron chi connectivity index (χ1n) is 4.72. The molecule has 0 spiro atoms. The van der Waals surface area contributed by atoms with Crippen LogP contribution in [-0.2, 0) is 22.1 Å². The first-order valence-corrected chi connectivity index (χ1v) is 5.10. The second-order valence-corrected chi connectivity index (χ2v) is 3.55. The molecule has 0 N–H and O–H groups in total. The van der Waals surface area contributed by atoms with Crippen molar-refractivity contribution in [1.29, 1.82) is 0 Å². The summed E-state index contributed by atoms with van der Waals surface area (Å²) in [5.74, 6) is -0.608. The van der Waals surface area contributed by atoms with Crippen LogP contribution < -0.4 is 0 Å². The van der Waals surface area contributed by atoms with Gasteiger partial charge in [0.2, 0.25) is 0 Å². The molecule has 1 aromatic heterocycles. The summed E-state index contributed by atoms with van der Waals surface area (Å²) >= 11 is 5.45. The number of carbonyl (C=O) groups is 1. The fraction of sp³-hybridized carbons (Fsp3) is 0.400. The van der Waals surface area contributed by atoms with Gasteiger partial charge in [-0.05, 0) is 24.6 Å². The van der Waals surface area contributed by atoms with Gasteiger partial charge in [-0.15, -0.1) is 0 Å². The van der Waals surface area contributed by atoms with Gasteiger partial charge in [-0.25, -0.2) is 4.98 Å². The SMILES string of the molecule is CCOC(=O)Cc1cc(Cl)nc(C(F)(F)F)c1. The molecule has 0 radical (unpaired) electrons. The number of pyridine rings is 1. The summed E-state index contributed by atoms with van der Waals surface area (Å²) < 4.78 is 41.8. The molecule has 1 aromatic rings. The largest absolute Gasteiger partial charge is 0.466 e. The van der Waals surface area contributed by atoms with Crippen molar-refractivity contribution in [2.45, 2.75) is 19.5 Å². The van der Waals surface area contributed by atoms with E-state index in [1.807, 2.05) is 0 Å². The molecule has 0 unspecified atom stereocenters.